The fourth-order valence-corrected chi connectivity index (χ4v) is 4.91. The molecule has 15 heteroatoms. The van der Waals surface area contributed by atoms with E-state index in [4.69, 9.17) is 11.5 Å². The molecule has 0 aromatic heterocycles. The van der Waals surface area contributed by atoms with Gasteiger partial charge < -0.3 is 35.7 Å². The van der Waals surface area contributed by atoms with Crippen LogP contribution in [-0.4, -0.2) is 41.8 Å². The number of aryl methyl sites for hydroxylation is 1. The van der Waals surface area contributed by atoms with Crippen LogP contribution in [0.25, 0.3) is 0 Å². The van der Waals surface area contributed by atoms with E-state index in [1.165, 1.54) is 25.1 Å². The molecular weight excluding hydrogens is 529 g/mol. The van der Waals surface area contributed by atoms with E-state index in [0.717, 1.165) is 12.0 Å². The molecule has 0 radical (unpaired) electrons. The Kier molecular flexibility index (Phi) is 17.5. The Balaban J connectivity index is 0. The van der Waals surface area contributed by atoms with Crippen molar-refractivity contribution < 1.29 is 91.2 Å². The summed E-state index contributed by atoms with van der Waals surface area (Å²) in [4.78, 5) is 36.1. The van der Waals surface area contributed by atoms with Gasteiger partial charge in [0.1, 0.15) is 10.1 Å². The van der Waals surface area contributed by atoms with Crippen LogP contribution in [0.4, 0.5) is 0 Å². The molecule has 0 saturated carbocycles. The average Bonchev–Trinajstić information content (AvgIpc) is 2.65. The summed E-state index contributed by atoms with van der Waals surface area (Å²) in [7, 11) is -8.83. The number of hydrogen-bond donors (Lipinski definition) is 4. The summed E-state index contributed by atoms with van der Waals surface area (Å²) in [5.74, 6) is -0.115. The number of guanidine groups is 1. The molecule has 0 heterocycles. The fourth-order valence-electron chi connectivity index (χ4n) is 3.69. The molecular formula is C21H33N4Na2O7PS. The third-order valence-corrected chi connectivity index (χ3v) is 7.10. The number of hydrogen-bond acceptors (Lipinski definition) is 7. The van der Waals surface area contributed by atoms with E-state index in [9.17, 15) is 32.1 Å². The largest absolute Gasteiger partial charge is 1.00 e. The van der Waals surface area contributed by atoms with Crippen LogP contribution in [0.5, 0.6) is 0 Å². The zero-order chi connectivity index (χ0) is 26.3. The molecule has 2 rings (SSSR count). The Hall–Kier alpha value is -0.240. The van der Waals surface area contributed by atoms with Crippen LogP contribution in [0.15, 0.2) is 45.5 Å². The maximum atomic E-state index is 11.5. The van der Waals surface area contributed by atoms with Gasteiger partial charge in [-0.3, -0.25) is 4.79 Å². The molecule has 1 aliphatic carbocycles. The van der Waals surface area contributed by atoms with E-state index >= 15 is 0 Å². The normalized spacial score (nSPS) is 19.6. The average molecular weight is 563 g/mol. The van der Waals surface area contributed by atoms with Gasteiger partial charge in [0.25, 0.3) is 0 Å². The van der Waals surface area contributed by atoms with E-state index in [1.807, 2.05) is 20.8 Å². The van der Waals surface area contributed by atoms with Gasteiger partial charge >= 0.3 is 59.1 Å². The summed E-state index contributed by atoms with van der Waals surface area (Å²) in [6.07, 6.45) is 2.60. The van der Waals surface area contributed by atoms with Crippen LogP contribution < -0.4 is 80.8 Å². The van der Waals surface area contributed by atoms with Gasteiger partial charge in [-0.15, -0.1) is 0 Å². The van der Waals surface area contributed by atoms with Crippen molar-refractivity contribution in [1.82, 2.24) is 5.32 Å². The second-order valence-electron chi connectivity index (χ2n) is 8.64. The zero-order valence-electron chi connectivity index (χ0n) is 21.7. The zero-order valence-corrected chi connectivity index (χ0v) is 27.4. The van der Waals surface area contributed by atoms with Crippen LogP contribution in [-0.2, 0) is 19.5 Å². The molecule has 0 aliphatic heterocycles. The molecule has 1 amide bonds. The molecule has 4 atom stereocenters. The summed E-state index contributed by atoms with van der Waals surface area (Å²) in [6, 6.07) is 5.10. The fraction of sp³-hybridized carbons (Fsp3) is 0.524. The SMILES string of the molecule is CC(=O)N[C@@H](CC(C)C)[C@@H]1CC=C(P(=O)([O-])O)C[C@H]1N=C(N)N.Cc1ccc(S(=O)(=O)[O-])cc1.[Na+].[Na+]. The van der Waals surface area contributed by atoms with Crippen LogP contribution in [0.1, 0.15) is 45.6 Å². The van der Waals surface area contributed by atoms with Crippen LogP contribution in [0, 0.1) is 18.8 Å². The third kappa shape index (κ3) is 14.1. The number of nitrogens with one attached hydrogen (secondary N) is 1. The Bertz CT molecular complexity index is 1060. The quantitative estimate of drug-likeness (QED) is 0.0822. The molecule has 0 bridgehead atoms. The van der Waals surface area contributed by atoms with Crippen molar-refractivity contribution in [2.45, 2.75) is 63.9 Å². The van der Waals surface area contributed by atoms with E-state index in [1.54, 1.807) is 12.1 Å². The number of amides is 1. The van der Waals surface area contributed by atoms with Gasteiger partial charge in [0.05, 0.1) is 10.9 Å². The first-order chi connectivity index (χ1) is 15.5. The van der Waals surface area contributed by atoms with Gasteiger partial charge in [-0.05, 0) is 49.6 Å². The van der Waals surface area contributed by atoms with Crippen molar-refractivity contribution >= 4 is 29.6 Å². The Morgan fingerprint density at radius 3 is 2.17 bits per heavy atom. The molecule has 1 aromatic carbocycles. The topological polar surface area (TPSA) is 211 Å². The maximum Gasteiger partial charge on any atom is 1.00 e. The van der Waals surface area contributed by atoms with Crippen LogP contribution in [0.3, 0.4) is 0 Å². The number of benzene rings is 1. The van der Waals surface area contributed by atoms with Gasteiger partial charge in [-0.1, -0.05) is 37.6 Å². The standard InChI is InChI=1S/C14H27N4O4P.C7H8O3S.2Na/c1-8(2)6-12(17-9(3)19)11-5-4-10(23(20,21)22)7-13(11)18-14(15)16;1-6-2-4-7(5-3-6)11(8,9)10;;/h4,8,11-13H,5-7H2,1-3H3,(H,17,19)(H4,15,16,18)(H2,20,21,22);2-5H,1H3,(H,8,9,10);;/q;;2*+1/p-2/t11-,12-,13+;;;/m0.../s1. The van der Waals surface area contributed by atoms with Crippen molar-refractivity contribution in [3.05, 3.63) is 41.2 Å². The molecule has 0 saturated heterocycles. The van der Waals surface area contributed by atoms with Gasteiger partial charge in [0.2, 0.25) is 5.91 Å². The second kappa shape index (κ2) is 16.7. The van der Waals surface area contributed by atoms with E-state index in [0.29, 0.717) is 12.3 Å². The predicted octanol–water partition coefficient (Wildman–Crippen LogP) is -5.07. The van der Waals surface area contributed by atoms with Gasteiger partial charge in [-0.2, -0.15) is 0 Å². The minimum atomic E-state index is -4.56. The monoisotopic (exact) mass is 562 g/mol. The Morgan fingerprint density at radius 2 is 1.78 bits per heavy atom. The van der Waals surface area contributed by atoms with Crippen molar-refractivity contribution in [3.8, 4) is 0 Å². The van der Waals surface area contributed by atoms with Gasteiger partial charge in [0, 0.05) is 18.9 Å². The second-order valence-corrected chi connectivity index (χ2v) is 11.6. The van der Waals surface area contributed by atoms with Crippen molar-refractivity contribution in [2.75, 3.05) is 0 Å². The Morgan fingerprint density at radius 1 is 1.25 bits per heavy atom. The van der Waals surface area contributed by atoms with Crippen molar-refractivity contribution in [1.29, 1.82) is 0 Å². The minimum absolute atomic E-state index is 0. The number of allylic oxidation sites excluding steroid dienone is 1. The number of carbonyl (C=O) groups is 1. The number of rotatable bonds is 7. The molecule has 0 spiro atoms. The smallest absolute Gasteiger partial charge is 0.775 e. The molecule has 1 aliphatic rings. The summed E-state index contributed by atoms with van der Waals surface area (Å²) in [5, 5.41) is 2.85. The molecule has 36 heavy (non-hydrogen) atoms. The summed E-state index contributed by atoms with van der Waals surface area (Å²) >= 11 is 0. The molecule has 11 nitrogen and oxygen atoms in total. The third-order valence-electron chi connectivity index (χ3n) is 5.16. The molecule has 1 aromatic rings. The molecule has 0 fully saturated rings. The first kappa shape index (κ1) is 37.9. The molecule has 192 valence electrons. The number of nitrogens with two attached hydrogens (primary N) is 2. The Labute approximate surface area is 257 Å². The maximum absolute atomic E-state index is 11.5. The van der Waals surface area contributed by atoms with E-state index in [-0.39, 0.29) is 99.6 Å². The van der Waals surface area contributed by atoms with E-state index < -0.39 is 23.8 Å². The number of nitrogens with zero attached hydrogens (tertiary/aromatic N) is 1. The van der Waals surface area contributed by atoms with Gasteiger partial charge in [-0.25, -0.2) is 13.4 Å². The molecule has 1 unspecified atom stereocenters. The summed E-state index contributed by atoms with van der Waals surface area (Å²) in [6.45, 7) is 7.33. The number of aliphatic imine (C=N–C) groups is 1. The first-order valence-corrected chi connectivity index (χ1v) is 13.6. The van der Waals surface area contributed by atoms with Crippen molar-refractivity contribution in [3.63, 3.8) is 0 Å². The van der Waals surface area contributed by atoms with Gasteiger partial charge in [0.15, 0.2) is 13.6 Å². The summed E-state index contributed by atoms with van der Waals surface area (Å²) in [5.41, 5.74) is 11.8. The predicted molar refractivity (Wildman–Crippen MR) is 126 cm³/mol. The summed E-state index contributed by atoms with van der Waals surface area (Å²) < 4.78 is 42.5. The number of carbonyl (C=O) groups excluding carboxylic acids is 1. The van der Waals surface area contributed by atoms with E-state index in [2.05, 4.69) is 10.3 Å². The van der Waals surface area contributed by atoms with Crippen LogP contribution in [0.2, 0.25) is 0 Å². The van der Waals surface area contributed by atoms with Crippen molar-refractivity contribution in [2.24, 2.45) is 28.3 Å². The minimum Gasteiger partial charge on any atom is -0.775 e. The van der Waals surface area contributed by atoms with Crippen LogP contribution >= 0.6 is 7.60 Å². The first-order valence-electron chi connectivity index (χ1n) is 10.6. The molecule has 6 N–H and O–H groups in total.